The molecule has 0 aliphatic rings. The molecule has 0 aliphatic carbocycles. The molecule has 2 aromatic rings. The molecular formula is C17H15ClFNO4. The van der Waals surface area contributed by atoms with Crippen LogP contribution in [-0.2, 0) is 4.79 Å². The molecule has 24 heavy (non-hydrogen) atoms. The third-order valence-corrected chi connectivity index (χ3v) is 3.42. The summed E-state index contributed by atoms with van der Waals surface area (Å²) in [6.07, 6.45) is 0. The summed E-state index contributed by atoms with van der Waals surface area (Å²) >= 11 is 5.65. The second-order valence-corrected chi connectivity index (χ2v) is 5.29. The van der Waals surface area contributed by atoms with Crippen LogP contribution < -0.4 is 14.8 Å². The Morgan fingerprint density at radius 3 is 2.58 bits per heavy atom. The van der Waals surface area contributed by atoms with Crippen LogP contribution in [0, 0.1) is 5.82 Å². The van der Waals surface area contributed by atoms with E-state index in [4.69, 9.17) is 21.1 Å². The number of carbonyl (C=O) groups is 2. The molecule has 0 fully saturated rings. The van der Waals surface area contributed by atoms with Crippen molar-refractivity contribution in [1.29, 1.82) is 0 Å². The number of amides is 1. The molecule has 0 heterocycles. The highest BCUT2D eigenvalue weighted by atomic mass is 35.5. The zero-order chi connectivity index (χ0) is 17.7. The van der Waals surface area contributed by atoms with Gasteiger partial charge in [0, 0.05) is 11.8 Å². The van der Waals surface area contributed by atoms with E-state index in [1.165, 1.54) is 32.2 Å². The van der Waals surface area contributed by atoms with Crippen LogP contribution in [0.4, 0.5) is 10.1 Å². The van der Waals surface area contributed by atoms with E-state index in [-0.39, 0.29) is 23.2 Å². The number of ether oxygens (including phenoxy) is 2. The monoisotopic (exact) mass is 351 g/mol. The fourth-order valence-corrected chi connectivity index (χ4v) is 2.13. The minimum absolute atomic E-state index is 0.0969. The Balaban J connectivity index is 2.05. The first-order valence-electron chi connectivity index (χ1n) is 6.97. The lowest BCUT2D eigenvalue weighted by atomic mass is 10.1. The Labute approximate surface area is 143 Å². The summed E-state index contributed by atoms with van der Waals surface area (Å²) < 4.78 is 23.6. The van der Waals surface area contributed by atoms with Crippen molar-refractivity contribution in [2.45, 2.75) is 6.92 Å². The molecule has 2 aromatic carbocycles. The van der Waals surface area contributed by atoms with Crippen molar-refractivity contribution < 1.29 is 23.5 Å². The highest BCUT2D eigenvalue weighted by Crippen LogP contribution is 2.25. The number of methoxy groups -OCH3 is 1. The molecule has 0 unspecified atom stereocenters. The van der Waals surface area contributed by atoms with Crippen LogP contribution in [0.2, 0.25) is 5.02 Å². The van der Waals surface area contributed by atoms with Gasteiger partial charge in [-0.15, -0.1) is 0 Å². The lowest BCUT2D eigenvalue weighted by Crippen LogP contribution is -2.20. The van der Waals surface area contributed by atoms with Gasteiger partial charge in [-0.05, 0) is 37.3 Å². The van der Waals surface area contributed by atoms with Crippen molar-refractivity contribution in [3.63, 3.8) is 0 Å². The molecule has 1 N–H and O–H groups in total. The maximum atomic E-state index is 13.1. The summed E-state index contributed by atoms with van der Waals surface area (Å²) in [5.74, 6) is -0.503. The first kappa shape index (κ1) is 17.7. The van der Waals surface area contributed by atoms with Gasteiger partial charge in [0.05, 0.1) is 17.7 Å². The molecule has 1 amide bonds. The number of benzene rings is 2. The maximum absolute atomic E-state index is 13.1. The minimum atomic E-state index is -0.576. The number of halogens is 2. The van der Waals surface area contributed by atoms with Crippen LogP contribution >= 0.6 is 11.6 Å². The van der Waals surface area contributed by atoms with E-state index in [0.717, 1.165) is 6.07 Å². The lowest BCUT2D eigenvalue weighted by Gasteiger charge is -2.12. The van der Waals surface area contributed by atoms with E-state index in [0.29, 0.717) is 17.0 Å². The summed E-state index contributed by atoms with van der Waals surface area (Å²) in [7, 11) is 1.48. The van der Waals surface area contributed by atoms with Gasteiger partial charge >= 0.3 is 0 Å². The minimum Gasteiger partial charge on any atom is -0.497 e. The molecule has 0 spiro atoms. The number of ketones is 1. The first-order chi connectivity index (χ1) is 11.4. The smallest absolute Gasteiger partial charge is 0.262 e. The number of hydrogen-bond donors (Lipinski definition) is 1. The molecule has 126 valence electrons. The Morgan fingerprint density at radius 1 is 1.21 bits per heavy atom. The van der Waals surface area contributed by atoms with E-state index in [1.807, 2.05) is 0 Å². The zero-order valence-corrected chi connectivity index (χ0v) is 13.8. The third-order valence-electron chi connectivity index (χ3n) is 3.13. The maximum Gasteiger partial charge on any atom is 0.262 e. The van der Waals surface area contributed by atoms with Crippen molar-refractivity contribution in [2.75, 3.05) is 19.0 Å². The number of carbonyl (C=O) groups excluding carboxylic acids is 2. The molecule has 0 aliphatic heterocycles. The van der Waals surface area contributed by atoms with E-state index in [9.17, 15) is 14.0 Å². The number of Topliss-reactive ketones (excluding diaryl/α,β-unsaturated/α-hetero) is 1. The quantitative estimate of drug-likeness (QED) is 0.806. The molecule has 0 aromatic heterocycles. The zero-order valence-electron chi connectivity index (χ0n) is 13.1. The van der Waals surface area contributed by atoms with Crippen LogP contribution in [0.3, 0.4) is 0 Å². The van der Waals surface area contributed by atoms with E-state index in [2.05, 4.69) is 5.32 Å². The van der Waals surface area contributed by atoms with Gasteiger partial charge in [0.15, 0.2) is 12.4 Å². The predicted octanol–water partition coefficient (Wildman–Crippen LogP) is 3.71. The molecular weight excluding hydrogens is 337 g/mol. The molecule has 0 bridgehead atoms. The highest BCUT2D eigenvalue weighted by Gasteiger charge is 2.12. The normalized spacial score (nSPS) is 10.2. The molecule has 0 atom stereocenters. The second kappa shape index (κ2) is 7.79. The molecule has 0 radical (unpaired) electrons. The third kappa shape index (κ3) is 4.45. The van der Waals surface area contributed by atoms with Crippen LogP contribution in [0.5, 0.6) is 11.5 Å². The van der Waals surface area contributed by atoms with Crippen molar-refractivity contribution in [3.8, 4) is 11.5 Å². The summed E-state index contributed by atoms with van der Waals surface area (Å²) in [6, 6.07) is 8.54. The number of hydrogen-bond acceptors (Lipinski definition) is 4. The fourth-order valence-electron chi connectivity index (χ4n) is 1.95. The average molecular weight is 352 g/mol. The van der Waals surface area contributed by atoms with Crippen molar-refractivity contribution in [2.24, 2.45) is 0 Å². The Morgan fingerprint density at radius 2 is 1.96 bits per heavy atom. The van der Waals surface area contributed by atoms with Gasteiger partial charge in [-0.2, -0.15) is 0 Å². The van der Waals surface area contributed by atoms with Crippen LogP contribution in [0.15, 0.2) is 36.4 Å². The number of anilines is 1. The largest absolute Gasteiger partial charge is 0.497 e. The van der Waals surface area contributed by atoms with Gasteiger partial charge in [-0.3, -0.25) is 9.59 Å². The second-order valence-electron chi connectivity index (χ2n) is 4.88. The van der Waals surface area contributed by atoms with Crippen molar-refractivity contribution in [1.82, 2.24) is 0 Å². The fraction of sp³-hybridized carbons (Fsp3) is 0.176. The summed E-state index contributed by atoms with van der Waals surface area (Å²) in [5.41, 5.74) is 0.681. The number of rotatable bonds is 6. The van der Waals surface area contributed by atoms with Crippen LogP contribution in [0.1, 0.15) is 17.3 Å². The van der Waals surface area contributed by atoms with Gasteiger partial charge in [0.25, 0.3) is 5.91 Å². The van der Waals surface area contributed by atoms with Gasteiger partial charge in [-0.1, -0.05) is 11.6 Å². The van der Waals surface area contributed by atoms with Crippen molar-refractivity contribution in [3.05, 3.63) is 52.8 Å². The van der Waals surface area contributed by atoms with Crippen molar-refractivity contribution >= 4 is 29.0 Å². The summed E-state index contributed by atoms with van der Waals surface area (Å²) in [5, 5.41) is 2.43. The summed E-state index contributed by atoms with van der Waals surface area (Å²) in [6.45, 7) is 1.07. The highest BCUT2D eigenvalue weighted by molar-refractivity contribution is 6.31. The van der Waals surface area contributed by atoms with E-state index >= 15 is 0 Å². The summed E-state index contributed by atoms with van der Waals surface area (Å²) in [4.78, 5) is 23.5. The Hall–Kier alpha value is -2.60. The SMILES string of the molecule is COc1ccc(C(C)=O)c(OCC(=O)Nc2ccc(F)c(Cl)c2)c1. The molecule has 0 saturated carbocycles. The molecule has 0 saturated heterocycles. The molecule has 2 rings (SSSR count). The Kier molecular flexibility index (Phi) is 5.76. The van der Waals surface area contributed by atoms with Crippen LogP contribution in [-0.4, -0.2) is 25.4 Å². The lowest BCUT2D eigenvalue weighted by molar-refractivity contribution is -0.118. The van der Waals surface area contributed by atoms with Gasteiger partial charge in [0.1, 0.15) is 17.3 Å². The standard InChI is InChI=1S/C17H15ClFNO4/c1-10(21)13-5-4-12(23-2)8-16(13)24-9-17(22)20-11-3-6-15(19)14(18)7-11/h3-8H,9H2,1-2H3,(H,20,22). The number of nitrogens with one attached hydrogen (secondary N) is 1. The van der Waals surface area contributed by atoms with Gasteiger partial charge in [-0.25, -0.2) is 4.39 Å². The van der Waals surface area contributed by atoms with Gasteiger partial charge in [0.2, 0.25) is 0 Å². The van der Waals surface area contributed by atoms with Crippen LogP contribution in [0.25, 0.3) is 0 Å². The van der Waals surface area contributed by atoms with E-state index < -0.39 is 11.7 Å². The topological polar surface area (TPSA) is 64.6 Å². The molecule has 5 nitrogen and oxygen atoms in total. The predicted molar refractivity (Wildman–Crippen MR) is 88.5 cm³/mol. The first-order valence-corrected chi connectivity index (χ1v) is 7.35. The van der Waals surface area contributed by atoms with E-state index in [1.54, 1.807) is 12.1 Å². The Bertz CT molecular complexity index is 779. The van der Waals surface area contributed by atoms with Gasteiger partial charge < -0.3 is 14.8 Å². The average Bonchev–Trinajstić information content (AvgIpc) is 2.56. The molecule has 7 heteroatoms.